The van der Waals surface area contributed by atoms with E-state index in [1.807, 2.05) is 0 Å². The summed E-state index contributed by atoms with van der Waals surface area (Å²) < 4.78 is 30.4. The Morgan fingerprint density at radius 3 is 2.62 bits per heavy atom. The molecule has 0 saturated heterocycles. The zero-order valence-corrected chi connectivity index (χ0v) is 8.23. The minimum absolute atomic E-state index is 0.165. The highest BCUT2D eigenvalue weighted by Gasteiger charge is 1.99. The average Bonchev–Trinajstić information content (AvgIpc) is 2.28. The van der Waals surface area contributed by atoms with Gasteiger partial charge in [-0.2, -0.15) is 4.39 Å². The summed E-state index contributed by atoms with van der Waals surface area (Å²) in [6.45, 7) is 0.165. The zero-order chi connectivity index (χ0) is 11.4. The Balaban J connectivity index is 1.99. The van der Waals surface area contributed by atoms with Crippen molar-refractivity contribution in [3.8, 4) is 5.88 Å². The van der Waals surface area contributed by atoms with Crippen LogP contribution in [0.4, 0.5) is 8.78 Å². The van der Waals surface area contributed by atoms with E-state index in [-0.39, 0.29) is 18.3 Å². The van der Waals surface area contributed by atoms with Gasteiger partial charge >= 0.3 is 0 Å². The van der Waals surface area contributed by atoms with Crippen LogP contribution in [0.15, 0.2) is 36.4 Å². The van der Waals surface area contributed by atoms with E-state index in [9.17, 15) is 8.78 Å². The summed E-state index contributed by atoms with van der Waals surface area (Å²) in [6, 6.07) is 8.53. The fourth-order valence-electron chi connectivity index (χ4n) is 1.16. The van der Waals surface area contributed by atoms with Gasteiger partial charge in [-0.1, -0.05) is 12.1 Å². The van der Waals surface area contributed by atoms with Gasteiger partial charge in [-0.25, -0.2) is 4.39 Å². The summed E-state index contributed by atoms with van der Waals surface area (Å²) in [6.07, 6.45) is 0. The van der Waals surface area contributed by atoms with Gasteiger partial charge in [0.05, 0.1) is 0 Å². The molecule has 0 radical (unpaired) electrons. The van der Waals surface area contributed by atoms with E-state index in [4.69, 9.17) is 4.74 Å². The highest BCUT2D eigenvalue weighted by Crippen LogP contribution is 2.09. The fourth-order valence-corrected chi connectivity index (χ4v) is 1.16. The molecule has 0 amide bonds. The fraction of sp³-hybridized carbons (Fsp3) is 0.0909. The van der Waals surface area contributed by atoms with Crippen molar-refractivity contribution >= 4 is 0 Å². The van der Waals surface area contributed by atoms with Crippen LogP contribution in [0.5, 0.6) is 5.88 Å². The number of rotatable bonds is 3. The van der Waals surface area contributed by atoms with Crippen LogP contribution in [0, 0.1) is 11.8 Å². The molecule has 1 aromatic heterocycles. The van der Waals surface area contributed by atoms with Gasteiger partial charge in [0.15, 0.2) is 0 Å². The van der Waals surface area contributed by atoms with E-state index in [1.54, 1.807) is 12.1 Å². The molecule has 1 heterocycles. The molecule has 0 N–H and O–H groups in total. The van der Waals surface area contributed by atoms with E-state index >= 15 is 0 Å². The molecule has 16 heavy (non-hydrogen) atoms. The Morgan fingerprint density at radius 1 is 1.06 bits per heavy atom. The maximum Gasteiger partial charge on any atom is 0.233 e. The number of hydrogen-bond donors (Lipinski definition) is 0. The van der Waals surface area contributed by atoms with Crippen molar-refractivity contribution in [1.29, 1.82) is 0 Å². The number of nitrogens with zero attached hydrogens (tertiary/aromatic N) is 2. The Hall–Kier alpha value is -2.04. The van der Waals surface area contributed by atoms with Crippen molar-refractivity contribution in [2.24, 2.45) is 0 Å². The number of ether oxygens (including phenoxy) is 1. The molecule has 82 valence electrons. The highest BCUT2D eigenvalue weighted by molar-refractivity contribution is 5.16. The molecule has 0 bridgehead atoms. The summed E-state index contributed by atoms with van der Waals surface area (Å²) in [5.41, 5.74) is 0.672. The Bertz CT molecular complexity index is 474. The molecule has 0 atom stereocenters. The normalized spacial score (nSPS) is 10.1. The predicted octanol–water partition coefficient (Wildman–Crippen LogP) is 2.33. The van der Waals surface area contributed by atoms with E-state index in [2.05, 4.69) is 10.2 Å². The average molecular weight is 222 g/mol. The first-order chi connectivity index (χ1) is 7.74. The predicted molar refractivity (Wildman–Crippen MR) is 52.7 cm³/mol. The second kappa shape index (κ2) is 4.65. The van der Waals surface area contributed by atoms with Crippen molar-refractivity contribution < 1.29 is 13.5 Å². The van der Waals surface area contributed by atoms with Gasteiger partial charge in [-0.05, 0) is 17.7 Å². The second-order valence-corrected chi connectivity index (χ2v) is 3.11. The third kappa shape index (κ3) is 2.73. The first-order valence-corrected chi connectivity index (χ1v) is 4.60. The van der Waals surface area contributed by atoms with Gasteiger partial charge < -0.3 is 4.74 Å². The van der Waals surface area contributed by atoms with Crippen LogP contribution < -0.4 is 4.74 Å². The van der Waals surface area contributed by atoms with Gasteiger partial charge in [0.1, 0.15) is 12.4 Å². The van der Waals surface area contributed by atoms with Crippen LogP contribution in [-0.2, 0) is 6.61 Å². The summed E-state index contributed by atoms with van der Waals surface area (Å²) in [5, 5.41) is 6.67. The van der Waals surface area contributed by atoms with Crippen molar-refractivity contribution in [2.75, 3.05) is 0 Å². The zero-order valence-electron chi connectivity index (χ0n) is 8.23. The summed E-state index contributed by atoms with van der Waals surface area (Å²) in [5.74, 6) is -0.796. The molecule has 0 fully saturated rings. The lowest BCUT2D eigenvalue weighted by Gasteiger charge is -2.04. The van der Waals surface area contributed by atoms with Crippen molar-refractivity contribution in [2.45, 2.75) is 6.61 Å². The molecule has 2 aromatic rings. The van der Waals surface area contributed by atoms with Crippen LogP contribution in [0.25, 0.3) is 0 Å². The Labute approximate surface area is 90.7 Å². The Kier molecular flexibility index (Phi) is 3.05. The molecule has 0 unspecified atom stereocenters. The smallest absolute Gasteiger partial charge is 0.233 e. The topological polar surface area (TPSA) is 35.0 Å². The van der Waals surface area contributed by atoms with E-state index in [0.717, 1.165) is 6.07 Å². The minimum atomic E-state index is -0.668. The third-order valence-corrected chi connectivity index (χ3v) is 1.88. The molecule has 0 saturated carbocycles. The lowest BCUT2D eigenvalue weighted by atomic mass is 10.2. The molecule has 0 aliphatic rings. The van der Waals surface area contributed by atoms with Crippen LogP contribution in [-0.4, -0.2) is 10.2 Å². The molecule has 0 spiro atoms. The van der Waals surface area contributed by atoms with Gasteiger partial charge in [-0.15, -0.1) is 10.2 Å². The second-order valence-electron chi connectivity index (χ2n) is 3.11. The van der Waals surface area contributed by atoms with E-state index in [0.29, 0.717) is 5.56 Å². The first-order valence-electron chi connectivity index (χ1n) is 4.60. The molecule has 5 heteroatoms. The molecule has 3 nitrogen and oxygen atoms in total. The van der Waals surface area contributed by atoms with Crippen LogP contribution in [0.2, 0.25) is 0 Å². The van der Waals surface area contributed by atoms with Gasteiger partial charge in [-0.3, -0.25) is 0 Å². The molecule has 1 aromatic carbocycles. The quantitative estimate of drug-likeness (QED) is 0.799. The number of halogens is 2. The lowest BCUT2D eigenvalue weighted by Crippen LogP contribution is -1.99. The van der Waals surface area contributed by atoms with Crippen LogP contribution >= 0.6 is 0 Å². The van der Waals surface area contributed by atoms with Gasteiger partial charge in [0.2, 0.25) is 11.8 Å². The van der Waals surface area contributed by atoms with Crippen molar-refractivity contribution in [3.05, 3.63) is 53.7 Å². The van der Waals surface area contributed by atoms with E-state index in [1.165, 1.54) is 18.2 Å². The number of benzene rings is 1. The molecular formula is C11H8F2N2O. The molecular weight excluding hydrogens is 214 g/mol. The first kappa shape index (κ1) is 10.5. The standard InChI is InChI=1S/C11H8F2N2O/c12-9-3-1-2-8(6-9)7-16-11-5-4-10(13)14-15-11/h1-6H,7H2. The number of hydrogen-bond acceptors (Lipinski definition) is 3. The highest BCUT2D eigenvalue weighted by atomic mass is 19.1. The van der Waals surface area contributed by atoms with Crippen molar-refractivity contribution in [1.82, 2.24) is 10.2 Å². The minimum Gasteiger partial charge on any atom is -0.472 e. The van der Waals surface area contributed by atoms with Crippen LogP contribution in [0.3, 0.4) is 0 Å². The Morgan fingerprint density at radius 2 is 1.94 bits per heavy atom. The van der Waals surface area contributed by atoms with Crippen molar-refractivity contribution in [3.63, 3.8) is 0 Å². The maximum atomic E-state index is 12.8. The summed E-state index contributed by atoms with van der Waals surface area (Å²) >= 11 is 0. The number of aromatic nitrogens is 2. The van der Waals surface area contributed by atoms with Gasteiger partial charge in [0.25, 0.3) is 0 Å². The van der Waals surface area contributed by atoms with Crippen LogP contribution in [0.1, 0.15) is 5.56 Å². The molecule has 2 rings (SSSR count). The summed E-state index contributed by atoms with van der Waals surface area (Å²) in [4.78, 5) is 0. The summed E-state index contributed by atoms with van der Waals surface area (Å²) in [7, 11) is 0. The molecule has 0 aliphatic carbocycles. The largest absolute Gasteiger partial charge is 0.472 e. The van der Waals surface area contributed by atoms with E-state index < -0.39 is 5.95 Å². The SMILES string of the molecule is Fc1cccc(COc2ccc(F)nn2)c1. The maximum absolute atomic E-state index is 12.8. The lowest BCUT2D eigenvalue weighted by molar-refractivity contribution is 0.287. The monoisotopic (exact) mass is 222 g/mol. The van der Waals surface area contributed by atoms with Gasteiger partial charge in [0, 0.05) is 12.1 Å². The third-order valence-electron chi connectivity index (χ3n) is 1.88. The molecule has 0 aliphatic heterocycles.